The Morgan fingerprint density at radius 1 is 1.45 bits per heavy atom. The molecule has 0 unspecified atom stereocenters. The maximum Gasteiger partial charge on any atom is 0.231 e. The Balaban J connectivity index is 1.59. The van der Waals surface area contributed by atoms with Crippen LogP contribution >= 0.6 is 15.9 Å². The molecular formula is C14H16BrN3O2. The van der Waals surface area contributed by atoms with Crippen molar-refractivity contribution in [2.45, 2.75) is 26.1 Å². The number of aromatic nitrogens is 2. The molecule has 1 N–H and O–H groups in total. The molecular weight excluding hydrogens is 322 g/mol. The van der Waals surface area contributed by atoms with Gasteiger partial charge in [-0.15, -0.1) is 0 Å². The third-order valence-corrected chi connectivity index (χ3v) is 3.75. The second-order valence-corrected chi connectivity index (χ2v) is 5.68. The number of nitrogens with zero attached hydrogens (tertiary/aromatic N) is 2. The number of halogens is 1. The van der Waals surface area contributed by atoms with Crippen LogP contribution < -0.4 is 14.8 Å². The first-order valence-corrected chi connectivity index (χ1v) is 7.30. The lowest BCUT2D eigenvalue weighted by atomic mass is 10.2. The molecule has 6 heteroatoms. The van der Waals surface area contributed by atoms with E-state index in [9.17, 15) is 0 Å². The van der Waals surface area contributed by atoms with Crippen LogP contribution in [-0.2, 0) is 13.1 Å². The highest BCUT2D eigenvalue weighted by Gasteiger charge is 2.18. The van der Waals surface area contributed by atoms with Gasteiger partial charge in [0.1, 0.15) is 0 Å². The smallest absolute Gasteiger partial charge is 0.231 e. The first-order valence-electron chi connectivity index (χ1n) is 6.51. The minimum Gasteiger partial charge on any atom is -0.454 e. The monoisotopic (exact) mass is 337 g/mol. The Kier molecular flexibility index (Phi) is 3.93. The van der Waals surface area contributed by atoms with Crippen LogP contribution in [0.5, 0.6) is 11.5 Å². The van der Waals surface area contributed by atoms with E-state index in [1.165, 1.54) is 0 Å². The van der Waals surface area contributed by atoms with Gasteiger partial charge >= 0.3 is 0 Å². The highest BCUT2D eigenvalue weighted by atomic mass is 79.9. The van der Waals surface area contributed by atoms with Crippen LogP contribution in [0, 0.1) is 0 Å². The normalized spacial score (nSPS) is 14.5. The SMILES string of the molecule is C[C@H](Cn1cccn1)NCc1cc(Br)c2c(c1)OCO2. The van der Waals surface area contributed by atoms with E-state index in [2.05, 4.69) is 39.3 Å². The van der Waals surface area contributed by atoms with Crippen molar-refractivity contribution in [2.75, 3.05) is 6.79 Å². The quantitative estimate of drug-likeness (QED) is 0.910. The summed E-state index contributed by atoms with van der Waals surface area (Å²) in [5.74, 6) is 1.59. The summed E-state index contributed by atoms with van der Waals surface area (Å²) < 4.78 is 13.7. The first kappa shape index (κ1) is 13.5. The van der Waals surface area contributed by atoms with Gasteiger partial charge in [-0.25, -0.2) is 0 Å². The lowest BCUT2D eigenvalue weighted by molar-refractivity contribution is 0.173. The lowest BCUT2D eigenvalue weighted by Gasteiger charge is -2.14. The molecule has 1 aromatic heterocycles. The predicted molar refractivity (Wildman–Crippen MR) is 78.8 cm³/mol. The summed E-state index contributed by atoms with van der Waals surface area (Å²) in [4.78, 5) is 0. The average Bonchev–Trinajstić information content (AvgIpc) is 3.07. The number of rotatable bonds is 5. The topological polar surface area (TPSA) is 48.3 Å². The molecule has 0 fully saturated rings. The van der Waals surface area contributed by atoms with E-state index >= 15 is 0 Å². The van der Waals surface area contributed by atoms with Crippen LogP contribution in [0.2, 0.25) is 0 Å². The second-order valence-electron chi connectivity index (χ2n) is 4.82. The van der Waals surface area contributed by atoms with Gasteiger partial charge in [-0.3, -0.25) is 4.68 Å². The van der Waals surface area contributed by atoms with E-state index in [4.69, 9.17) is 9.47 Å². The zero-order valence-corrected chi connectivity index (χ0v) is 12.8. The van der Waals surface area contributed by atoms with E-state index in [-0.39, 0.29) is 0 Å². The molecule has 2 aromatic rings. The van der Waals surface area contributed by atoms with Gasteiger partial charge in [0.2, 0.25) is 6.79 Å². The molecule has 1 aliphatic rings. The maximum absolute atomic E-state index is 5.42. The number of ether oxygens (including phenoxy) is 2. The Morgan fingerprint density at radius 2 is 2.35 bits per heavy atom. The molecule has 0 amide bonds. The van der Waals surface area contributed by atoms with E-state index in [0.29, 0.717) is 12.8 Å². The number of nitrogens with one attached hydrogen (secondary N) is 1. The van der Waals surface area contributed by atoms with Crippen LogP contribution in [0.25, 0.3) is 0 Å². The fourth-order valence-corrected chi connectivity index (χ4v) is 2.77. The van der Waals surface area contributed by atoms with Gasteiger partial charge in [0.25, 0.3) is 0 Å². The highest BCUT2D eigenvalue weighted by Crippen LogP contribution is 2.39. The van der Waals surface area contributed by atoms with E-state index in [0.717, 1.165) is 34.6 Å². The van der Waals surface area contributed by atoms with Crippen molar-refractivity contribution < 1.29 is 9.47 Å². The molecule has 0 spiro atoms. The van der Waals surface area contributed by atoms with Gasteiger partial charge < -0.3 is 14.8 Å². The zero-order valence-electron chi connectivity index (χ0n) is 11.2. The number of fused-ring (bicyclic) bond motifs is 1. The van der Waals surface area contributed by atoms with Gasteiger partial charge in [-0.1, -0.05) is 0 Å². The Morgan fingerprint density at radius 3 is 3.15 bits per heavy atom. The lowest BCUT2D eigenvalue weighted by Crippen LogP contribution is -2.30. The molecule has 1 aliphatic heterocycles. The van der Waals surface area contributed by atoms with Crippen molar-refractivity contribution in [2.24, 2.45) is 0 Å². The molecule has 1 atom stereocenters. The first-order chi connectivity index (χ1) is 9.72. The summed E-state index contributed by atoms with van der Waals surface area (Å²) in [6.07, 6.45) is 3.76. The van der Waals surface area contributed by atoms with E-state index in [1.807, 2.05) is 23.0 Å². The van der Waals surface area contributed by atoms with Crippen LogP contribution in [0.15, 0.2) is 35.1 Å². The van der Waals surface area contributed by atoms with Crippen molar-refractivity contribution >= 4 is 15.9 Å². The van der Waals surface area contributed by atoms with Crippen molar-refractivity contribution in [1.82, 2.24) is 15.1 Å². The fraction of sp³-hybridized carbons (Fsp3) is 0.357. The molecule has 20 heavy (non-hydrogen) atoms. The largest absolute Gasteiger partial charge is 0.454 e. The summed E-state index contributed by atoms with van der Waals surface area (Å²) in [6.45, 7) is 4.06. The summed E-state index contributed by atoms with van der Waals surface area (Å²) in [5, 5.41) is 7.68. The molecule has 0 radical (unpaired) electrons. The molecule has 0 saturated carbocycles. The van der Waals surface area contributed by atoms with Gasteiger partial charge in [-0.2, -0.15) is 5.10 Å². The Hall–Kier alpha value is -1.53. The Bertz CT molecular complexity index is 586. The van der Waals surface area contributed by atoms with Crippen molar-refractivity contribution in [1.29, 1.82) is 0 Å². The summed E-state index contributed by atoms with van der Waals surface area (Å²) in [5.41, 5.74) is 1.16. The second kappa shape index (κ2) is 5.85. The number of benzene rings is 1. The molecule has 106 valence electrons. The van der Waals surface area contributed by atoms with Gasteiger partial charge in [0.05, 0.1) is 11.0 Å². The molecule has 0 saturated heterocycles. The van der Waals surface area contributed by atoms with Crippen molar-refractivity contribution in [3.05, 3.63) is 40.6 Å². The van der Waals surface area contributed by atoms with Gasteiger partial charge in [-0.05, 0) is 46.6 Å². The zero-order chi connectivity index (χ0) is 13.9. The highest BCUT2D eigenvalue weighted by molar-refractivity contribution is 9.10. The third kappa shape index (κ3) is 2.96. The number of hydrogen-bond acceptors (Lipinski definition) is 4. The van der Waals surface area contributed by atoms with Crippen molar-refractivity contribution in [3.8, 4) is 11.5 Å². The van der Waals surface area contributed by atoms with E-state index < -0.39 is 0 Å². The summed E-state index contributed by atoms with van der Waals surface area (Å²) in [7, 11) is 0. The minimum atomic E-state index is 0.292. The fourth-order valence-electron chi connectivity index (χ4n) is 2.17. The maximum atomic E-state index is 5.42. The Labute approximate surface area is 126 Å². The van der Waals surface area contributed by atoms with Crippen LogP contribution in [0.3, 0.4) is 0 Å². The molecule has 0 aliphatic carbocycles. The minimum absolute atomic E-state index is 0.292. The summed E-state index contributed by atoms with van der Waals surface area (Å²) in [6, 6.07) is 6.34. The average molecular weight is 338 g/mol. The number of hydrogen-bond donors (Lipinski definition) is 1. The molecule has 1 aromatic carbocycles. The van der Waals surface area contributed by atoms with Crippen LogP contribution in [0.4, 0.5) is 0 Å². The molecule has 5 nitrogen and oxygen atoms in total. The molecule has 2 heterocycles. The summed E-state index contributed by atoms with van der Waals surface area (Å²) >= 11 is 3.51. The molecule has 0 bridgehead atoms. The van der Waals surface area contributed by atoms with Crippen LogP contribution in [-0.4, -0.2) is 22.6 Å². The molecule has 3 rings (SSSR count). The van der Waals surface area contributed by atoms with Gasteiger partial charge in [0, 0.05) is 25.0 Å². The third-order valence-electron chi connectivity index (χ3n) is 3.16. The van der Waals surface area contributed by atoms with Gasteiger partial charge in [0.15, 0.2) is 11.5 Å². The predicted octanol–water partition coefficient (Wildman–Crippen LogP) is 2.55. The van der Waals surface area contributed by atoms with Crippen molar-refractivity contribution in [3.63, 3.8) is 0 Å². The standard InChI is InChI=1S/C14H16BrN3O2/c1-10(8-18-4-2-3-17-18)16-7-11-5-12(15)14-13(6-11)19-9-20-14/h2-6,10,16H,7-9H2,1H3/t10-/m1/s1. The van der Waals surface area contributed by atoms with Crippen LogP contribution in [0.1, 0.15) is 12.5 Å². The van der Waals surface area contributed by atoms with E-state index in [1.54, 1.807) is 6.20 Å².